The van der Waals surface area contributed by atoms with Gasteiger partial charge in [-0.3, -0.25) is 13.9 Å². The lowest BCUT2D eigenvalue weighted by molar-refractivity contribution is -0.166. The van der Waals surface area contributed by atoms with E-state index in [1.54, 1.807) is 0 Å². The molecule has 3 aromatic rings. The van der Waals surface area contributed by atoms with Crippen molar-refractivity contribution in [2.45, 2.75) is 85.9 Å². The Morgan fingerprint density at radius 2 is 1.73 bits per heavy atom. The van der Waals surface area contributed by atoms with E-state index < -0.39 is 78.5 Å². The summed E-state index contributed by atoms with van der Waals surface area (Å²) in [7, 11) is -17.1. The maximum Gasteiger partial charge on any atom is 0.489 e. The van der Waals surface area contributed by atoms with Crippen LogP contribution in [0.4, 0.5) is 23.8 Å². The van der Waals surface area contributed by atoms with Gasteiger partial charge in [0.2, 0.25) is 5.91 Å². The molecule has 3 amide bonds. The number of alkyl halides is 3. The second kappa shape index (κ2) is 22.4. The highest BCUT2D eigenvalue weighted by atomic mass is 32.2. The minimum atomic E-state index is -5.98. The number of halogens is 3. The van der Waals surface area contributed by atoms with Gasteiger partial charge in [-0.15, -0.1) is 10.2 Å². The van der Waals surface area contributed by atoms with Crippen molar-refractivity contribution < 1.29 is 93.4 Å². The molecular weight excluding hydrogens is 1030 g/mol. The number of amides is 3. The molecule has 1 aromatic carbocycles. The van der Waals surface area contributed by atoms with E-state index in [1.807, 2.05) is 16.8 Å². The summed E-state index contributed by atoms with van der Waals surface area (Å²) >= 11 is 1.81. The average Bonchev–Trinajstić information content (AvgIpc) is 3.51. The molecule has 0 aliphatic carbocycles. The minimum absolute atomic E-state index is 0.00408. The highest BCUT2D eigenvalue weighted by Gasteiger charge is 2.65. The number of rotatable bonds is 27. The molecule has 35 heteroatoms. The fourth-order valence-corrected chi connectivity index (χ4v) is 12.7. The Bertz CT molecular complexity index is 2530. The number of carbonyl (C=O) groups is 2. The maximum atomic E-state index is 13.8. The quantitative estimate of drug-likeness (QED) is 0.0294. The first-order chi connectivity index (χ1) is 33.1. The first-order valence-corrected chi connectivity index (χ1v) is 26.8. The molecule has 6 heterocycles. The van der Waals surface area contributed by atoms with Gasteiger partial charge in [-0.1, -0.05) is 18.6 Å². The Hall–Kier alpha value is -3.94. The molecule has 0 saturated carbocycles. The van der Waals surface area contributed by atoms with Crippen LogP contribution in [0.5, 0.6) is 5.75 Å². The number of aromatic nitrogens is 4. The molecule has 4 aliphatic heterocycles. The van der Waals surface area contributed by atoms with E-state index >= 15 is 0 Å². The Balaban J connectivity index is 0.820. The number of nitrogen functional groups attached to an aromatic ring is 1. The number of nitrogens with one attached hydrogen (secondary N) is 4. The average molecular weight is 1080 g/mol. The Labute approximate surface area is 398 Å². The Morgan fingerprint density at radius 3 is 2.47 bits per heavy atom. The number of aliphatic hydroxyl groups excluding tert-OH is 2. The van der Waals surface area contributed by atoms with Crippen molar-refractivity contribution in [3.05, 3.63) is 42.0 Å². The standard InChI is InChI=1S/C35H49F3N11O17P3S/c36-35(37,38)34(47-48-34)20-6-5-19(22(13-20)62-12-11-61-10-9-60-8-7-40-25(50)4-2-1-3-24-26-21(16-70-24)45-33(53)46-26)14-44-67(54,55)65-69(58,59)66-68(56,57)63-15-23-28(51)29(52)32(64-23)49-18-43-27-30(39)41-17-42-31(27)49/h5-6,13,17-18,21,23-24,26,28-29,32,51-52H,1-4,7-12,14-16H2,(H,40,50)(H,56,57)(H,58,59)(H2,39,41,42)(H2,44,54,55)(H2,45,46,53)/t21-,23+,24-,26-,28+,29+,32+/m0/s1. The van der Waals surface area contributed by atoms with Gasteiger partial charge in [-0.05, 0) is 18.9 Å². The van der Waals surface area contributed by atoms with Crippen molar-refractivity contribution in [1.82, 2.24) is 40.6 Å². The van der Waals surface area contributed by atoms with Gasteiger partial charge in [0.15, 0.2) is 17.7 Å². The van der Waals surface area contributed by atoms with Crippen LogP contribution in [0.15, 0.2) is 41.1 Å². The largest absolute Gasteiger partial charge is 0.491 e. The minimum Gasteiger partial charge on any atom is -0.491 e. The highest BCUT2D eigenvalue weighted by molar-refractivity contribution is 8.00. The van der Waals surface area contributed by atoms with E-state index in [-0.39, 0.29) is 91.9 Å². The Morgan fingerprint density at radius 1 is 0.986 bits per heavy atom. The number of phosphoric ester groups is 1. The lowest BCUT2D eigenvalue weighted by Gasteiger charge is -2.21. The zero-order chi connectivity index (χ0) is 50.5. The van der Waals surface area contributed by atoms with Crippen molar-refractivity contribution in [3.8, 4) is 5.75 Å². The number of anilines is 1. The molecule has 70 heavy (non-hydrogen) atoms. The van der Waals surface area contributed by atoms with Crippen LogP contribution in [0.1, 0.15) is 43.0 Å². The molecule has 7 rings (SSSR count). The molecule has 11 N–H and O–H groups in total. The van der Waals surface area contributed by atoms with Crippen molar-refractivity contribution in [3.63, 3.8) is 0 Å². The number of imidazole rings is 1. The van der Waals surface area contributed by atoms with E-state index in [0.717, 1.165) is 43.1 Å². The van der Waals surface area contributed by atoms with E-state index in [0.29, 0.717) is 18.1 Å². The monoisotopic (exact) mass is 1080 g/mol. The van der Waals surface area contributed by atoms with Crippen LogP contribution in [-0.4, -0.2) is 150 Å². The number of urea groups is 1. The number of nitrogens with zero attached hydrogens (tertiary/aromatic N) is 6. The first-order valence-electron chi connectivity index (χ1n) is 21.2. The molecule has 3 unspecified atom stereocenters. The summed E-state index contributed by atoms with van der Waals surface area (Å²) in [5.41, 5.74) is 2.56. The number of ether oxygens (including phenoxy) is 4. The molecule has 2 aromatic heterocycles. The zero-order valence-corrected chi connectivity index (χ0v) is 39.9. The van der Waals surface area contributed by atoms with Crippen LogP contribution in [0.25, 0.3) is 11.2 Å². The van der Waals surface area contributed by atoms with E-state index in [9.17, 15) is 61.3 Å². The van der Waals surface area contributed by atoms with Crippen LogP contribution in [0.2, 0.25) is 0 Å². The van der Waals surface area contributed by atoms with Crippen molar-refractivity contribution >= 4 is 64.1 Å². The van der Waals surface area contributed by atoms with Crippen LogP contribution in [0, 0.1) is 0 Å². The molecule has 0 spiro atoms. The van der Waals surface area contributed by atoms with E-state index in [4.69, 9.17) is 24.7 Å². The molecule has 0 radical (unpaired) electrons. The predicted octanol–water partition coefficient (Wildman–Crippen LogP) is 1.60. The molecule has 3 fully saturated rings. The second-order valence-corrected chi connectivity index (χ2v) is 21.9. The summed E-state index contributed by atoms with van der Waals surface area (Å²) in [6.07, 6.45) is -6.29. The molecule has 3 saturated heterocycles. The van der Waals surface area contributed by atoms with Gasteiger partial charge in [-0.2, -0.15) is 33.6 Å². The number of hydrogen-bond acceptors (Lipinski definition) is 21. The van der Waals surface area contributed by atoms with E-state index in [2.05, 4.69) is 54.3 Å². The topological polar surface area (TPSA) is 394 Å². The normalized spacial score (nSPS) is 26.2. The summed E-state index contributed by atoms with van der Waals surface area (Å²) in [6, 6.07) is 3.07. The summed E-state index contributed by atoms with van der Waals surface area (Å²) in [6.45, 7) is -1.58. The summed E-state index contributed by atoms with van der Waals surface area (Å²) in [5.74, 6) is 0.453. The number of thioether (sulfide) groups is 1. The summed E-state index contributed by atoms with van der Waals surface area (Å²) < 4.78 is 116. The number of phosphoric acid groups is 2. The number of carbonyl (C=O) groups excluding carboxylic acids is 2. The zero-order valence-electron chi connectivity index (χ0n) is 36.4. The lowest BCUT2D eigenvalue weighted by Crippen LogP contribution is -2.36. The third-order valence-corrected chi connectivity index (χ3v) is 16.9. The van der Waals surface area contributed by atoms with Crippen molar-refractivity contribution in [1.29, 1.82) is 0 Å². The summed E-state index contributed by atoms with van der Waals surface area (Å²) in [4.78, 5) is 66.3. The van der Waals surface area contributed by atoms with Gasteiger partial charge in [0.1, 0.15) is 42.5 Å². The molecular formula is C35H49F3N11O17P3S. The number of benzene rings is 1. The number of aliphatic hydroxyl groups is 2. The smallest absolute Gasteiger partial charge is 0.489 e. The first kappa shape index (κ1) is 53.8. The fourth-order valence-electron chi connectivity index (χ4n) is 7.50. The van der Waals surface area contributed by atoms with E-state index in [1.165, 1.54) is 10.9 Å². The van der Waals surface area contributed by atoms with Gasteiger partial charge in [-0.25, -0.2) is 38.5 Å². The highest BCUT2D eigenvalue weighted by Crippen LogP contribution is 2.66. The molecule has 28 nitrogen and oxygen atoms in total. The molecule has 10 atom stereocenters. The second-order valence-electron chi connectivity index (χ2n) is 15.9. The molecule has 0 bridgehead atoms. The number of unbranched alkanes of at least 4 members (excludes halogenated alkanes) is 1. The lowest BCUT2D eigenvalue weighted by atomic mass is 10.0. The van der Waals surface area contributed by atoms with Crippen LogP contribution in [-0.2, 0) is 58.1 Å². The van der Waals surface area contributed by atoms with Gasteiger partial charge in [0.05, 0.1) is 51.4 Å². The van der Waals surface area contributed by atoms with Gasteiger partial charge >= 0.3 is 41.3 Å². The molecule has 4 aliphatic rings. The van der Waals surface area contributed by atoms with Gasteiger partial charge in [0, 0.05) is 41.6 Å². The molecule has 388 valence electrons. The van der Waals surface area contributed by atoms with Crippen LogP contribution in [0.3, 0.4) is 0 Å². The van der Waals surface area contributed by atoms with Gasteiger partial charge in [0.25, 0.3) is 0 Å². The number of hydrogen-bond donors (Lipinski definition) is 10. The third-order valence-electron chi connectivity index (χ3n) is 11.0. The Kier molecular flexibility index (Phi) is 17.3. The van der Waals surface area contributed by atoms with Crippen molar-refractivity contribution in [2.75, 3.05) is 57.7 Å². The predicted molar refractivity (Wildman–Crippen MR) is 233 cm³/mol. The maximum absolute atomic E-state index is 13.8. The SMILES string of the molecule is Nc1ncnc2c1ncn2[C@@H]1O[C@H](COP(=O)(O)OP(=O)(O)OP(=O)(O)NCc2ccc(C3(C(F)(F)F)N=N3)cc2OCCOCCOCCNC(=O)CCCC[C@@H]2SC[C@@H]3NC(=O)N[C@@H]32)[C@@H](O)[C@H]1O. The third kappa shape index (κ3) is 13.6. The summed E-state index contributed by atoms with van der Waals surface area (Å²) in [5, 5.41) is 38.2. The van der Waals surface area contributed by atoms with Crippen LogP contribution >= 0.6 is 35.2 Å². The van der Waals surface area contributed by atoms with Gasteiger partial charge < -0.3 is 65.5 Å². The number of fused-ring (bicyclic) bond motifs is 2. The fraction of sp³-hybridized carbons (Fsp3) is 0.629. The number of nitrogens with two attached hydrogens (primary N) is 1. The van der Waals surface area contributed by atoms with Crippen LogP contribution < -0.4 is 31.5 Å². The van der Waals surface area contributed by atoms with Crippen molar-refractivity contribution in [2.24, 2.45) is 10.2 Å².